The van der Waals surface area contributed by atoms with E-state index in [1.54, 1.807) is 11.0 Å². The fourth-order valence-electron chi connectivity index (χ4n) is 2.67. The van der Waals surface area contributed by atoms with Crippen molar-refractivity contribution < 1.29 is 4.79 Å². The van der Waals surface area contributed by atoms with Gasteiger partial charge in [-0.2, -0.15) is 0 Å². The SMILES string of the molecule is Cc1cccc(C(C)C)c1NC(=O)CSc1ncn(-c2ccccc2)n1. The number of para-hydroxylation sites is 2. The molecule has 26 heavy (non-hydrogen) atoms. The van der Waals surface area contributed by atoms with Crippen LogP contribution in [0.3, 0.4) is 0 Å². The standard InChI is InChI=1S/C20H22N4OS/c1-14(2)17-11-7-8-15(3)19(17)22-18(25)12-26-20-21-13-24(23-20)16-9-5-4-6-10-16/h4-11,13-14H,12H2,1-3H3,(H,22,25). The lowest BCUT2D eigenvalue weighted by atomic mass is 9.98. The van der Waals surface area contributed by atoms with Crippen LogP contribution in [0.15, 0.2) is 60.0 Å². The van der Waals surface area contributed by atoms with E-state index < -0.39 is 0 Å². The second-order valence-corrected chi connectivity index (χ2v) is 7.28. The fraction of sp³-hybridized carbons (Fsp3) is 0.250. The normalized spacial score (nSPS) is 10.9. The number of hydrogen-bond acceptors (Lipinski definition) is 4. The van der Waals surface area contributed by atoms with E-state index in [-0.39, 0.29) is 11.7 Å². The number of aryl methyl sites for hydroxylation is 1. The predicted octanol–water partition coefficient (Wildman–Crippen LogP) is 4.43. The Kier molecular flexibility index (Phi) is 5.73. The molecule has 1 aromatic heterocycles. The van der Waals surface area contributed by atoms with Crippen molar-refractivity contribution in [1.29, 1.82) is 0 Å². The number of rotatable bonds is 6. The summed E-state index contributed by atoms with van der Waals surface area (Å²) in [4.78, 5) is 16.7. The van der Waals surface area contributed by atoms with Crippen LogP contribution in [0.1, 0.15) is 30.9 Å². The molecule has 0 aliphatic carbocycles. The Hall–Kier alpha value is -2.60. The third-order valence-corrected chi connectivity index (χ3v) is 4.87. The Morgan fingerprint density at radius 2 is 1.92 bits per heavy atom. The van der Waals surface area contributed by atoms with E-state index in [0.29, 0.717) is 11.1 Å². The van der Waals surface area contributed by atoms with E-state index in [0.717, 1.165) is 22.5 Å². The molecular formula is C20H22N4OS. The van der Waals surface area contributed by atoms with Crippen molar-refractivity contribution in [2.75, 3.05) is 11.1 Å². The number of anilines is 1. The number of benzene rings is 2. The van der Waals surface area contributed by atoms with Gasteiger partial charge in [-0.3, -0.25) is 4.79 Å². The summed E-state index contributed by atoms with van der Waals surface area (Å²) in [5.74, 6) is 0.563. The summed E-state index contributed by atoms with van der Waals surface area (Å²) in [6, 6.07) is 15.9. The van der Waals surface area contributed by atoms with Gasteiger partial charge in [0.2, 0.25) is 11.1 Å². The van der Waals surface area contributed by atoms with Crippen LogP contribution < -0.4 is 5.32 Å². The molecule has 6 heteroatoms. The van der Waals surface area contributed by atoms with Gasteiger partial charge in [0.15, 0.2) is 0 Å². The maximum absolute atomic E-state index is 12.4. The monoisotopic (exact) mass is 366 g/mol. The van der Waals surface area contributed by atoms with Gasteiger partial charge >= 0.3 is 0 Å². The highest BCUT2D eigenvalue weighted by Gasteiger charge is 2.13. The lowest BCUT2D eigenvalue weighted by Gasteiger charge is -2.16. The molecule has 0 saturated heterocycles. The molecule has 1 amide bonds. The quantitative estimate of drug-likeness (QED) is 0.656. The number of nitrogens with one attached hydrogen (secondary N) is 1. The summed E-state index contributed by atoms with van der Waals surface area (Å²) in [7, 11) is 0. The van der Waals surface area contributed by atoms with Gasteiger partial charge in [0.1, 0.15) is 6.33 Å². The molecule has 3 rings (SSSR count). The molecule has 0 aliphatic heterocycles. The molecule has 1 heterocycles. The van der Waals surface area contributed by atoms with Crippen LogP contribution in [0, 0.1) is 6.92 Å². The van der Waals surface area contributed by atoms with E-state index >= 15 is 0 Å². The molecule has 0 bridgehead atoms. The Morgan fingerprint density at radius 3 is 2.65 bits per heavy atom. The number of amides is 1. The minimum atomic E-state index is -0.0535. The van der Waals surface area contributed by atoms with Gasteiger partial charge in [-0.25, -0.2) is 9.67 Å². The zero-order valence-corrected chi connectivity index (χ0v) is 16.0. The summed E-state index contributed by atoms with van der Waals surface area (Å²) < 4.78 is 1.71. The molecule has 0 spiro atoms. The van der Waals surface area contributed by atoms with Crippen LogP contribution in [0.4, 0.5) is 5.69 Å². The molecule has 0 aliphatic rings. The average molecular weight is 366 g/mol. The predicted molar refractivity (Wildman–Crippen MR) is 106 cm³/mol. The number of aromatic nitrogens is 3. The van der Waals surface area contributed by atoms with Gasteiger partial charge in [0, 0.05) is 5.69 Å². The molecule has 2 aromatic carbocycles. The van der Waals surface area contributed by atoms with Crippen LogP contribution in [0.5, 0.6) is 0 Å². The summed E-state index contributed by atoms with van der Waals surface area (Å²) in [5.41, 5.74) is 4.07. The van der Waals surface area contributed by atoms with Gasteiger partial charge in [0.25, 0.3) is 0 Å². The van der Waals surface area contributed by atoms with E-state index in [1.165, 1.54) is 11.8 Å². The first-order chi connectivity index (χ1) is 12.5. The van der Waals surface area contributed by atoms with Crippen LogP contribution in [-0.2, 0) is 4.79 Å². The Bertz CT molecular complexity index is 890. The van der Waals surface area contributed by atoms with Gasteiger partial charge in [-0.05, 0) is 36.1 Å². The van der Waals surface area contributed by atoms with E-state index in [2.05, 4.69) is 35.3 Å². The molecule has 0 fully saturated rings. The molecule has 0 saturated carbocycles. The number of carbonyl (C=O) groups is 1. The Morgan fingerprint density at radius 1 is 1.15 bits per heavy atom. The smallest absolute Gasteiger partial charge is 0.234 e. The van der Waals surface area contributed by atoms with Crippen LogP contribution in [-0.4, -0.2) is 26.4 Å². The van der Waals surface area contributed by atoms with E-state index in [4.69, 9.17) is 0 Å². The number of hydrogen-bond donors (Lipinski definition) is 1. The summed E-state index contributed by atoms with van der Waals surface area (Å²) >= 11 is 1.33. The third kappa shape index (κ3) is 4.32. The molecule has 0 atom stereocenters. The highest BCUT2D eigenvalue weighted by Crippen LogP contribution is 2.27. The first kappa shape index (κ1) is 18.2. The Balaban J connectivity index is 1.63. The number of carbonyl (C=O) groups excluding carboxylic acids is 1. The largest absolute Gasteiger partial charge is 0.325 e. The van der Waals surface area contributed by atoms with Crippen molar-refractivity contribution in [1.82, 2.24) is 14.8 Å². The number of thioether (sulfide) groups is 1. The second-order valence-electron chi connectivity index (χ2n) is 6.34. The maximum atomic E-state index is 12.4. The van der Waals surface area contributed by atoms with Crippen molar-refractivity contribution in [2.24, 2.45) is 0 Å². The molecule has 0 radical (unpaired) electrons. The van der Waals surface area contributed by atoms with Gasteiger partial charge in [-0.15, -0.1) is 5.10 Å². The van der Waals surface area contributed by atoms with Crippen LogP contribution in [0.25, 0.3) is 5.69 Å². The first-order valence-corrected chi connectivity index (χ1v) is 9.52. The van der Waals surface area contributed by atoms with Gasteiger partial charge in [-0.1, -0.05) is 62.0 Å². The van der Waals surface area contributed by atoms with Crippen molar-refractivity contribution in [3.8, 4) is 5.69 Å². The van der Waals surface area contributed by atoms with Crippen molar-refractivity contribution in [3.05, 3.63) is 66.0 Å². The maximum Gasteiger partial charge on any atom is 0.234 e. The highest BCUT2D eigenvalue weighted by atomic mass is 32.2. The van der Waals surface area contributed by atoms with Crippen molar-refractivity contribution >= 4 is 23.4 Å². The highest BCUT2D eigenvalue weighted by molar-refractivity contribution is 7.99. The molecule has 3 aromatic rings. The van der Waals surface area contributed by atoms with Crippen LogP contribution >= 0.6 is 11.8 Å². The second kappa shape index (κ2) is 8.19. The molecule has 5 nitrogen and oxygen atoms in total. The minimum absolute atomic E-state index is 0.0535. The first-order valence-electron chi connectivity index (χ1n) is 8.54. The van der Waals surface area contributed by atoms with Gasteiger partial charge in [0.05, 0.1) is 11.4 Å². The summed E-state index contributed by atoms with van der Waals surface area (Å²) in [6.07, 6.45) is 1.66. The zero-order valence-electron chi connectivity index (χ0n) is 15.1. The Labute approximate surface area is 157 Å². The topological polar surface area (TPSA) is 59.8 Å². The lowest BCUT2D eigenvalue weighted by molar-refractivity contribution is -0.113. The minimum Gasteiger partial charge on any atom is -0.325 e. The molecule has 0 unspecified atom stereocenters. The number of nitrogens with zero attached hydrogens (tertiary/aromatic N) is 3. The zero-order chi connectivity index (χ0) is 18.5. The molecular weight excluding hydrogens is 344 g/mol. The van der Waals surface area contributed by atoms with Crippen molar-refractivity contribution in [3.63, 3.8) is 0 Å². The van der Waals surface area contributed by atoms with Crippen molar-refractivity contribution in [2.45, 2.75) is 31.8 Å². The summed E-state index contributed by atoms with van der Waals surface area (Å²) in [6.45, 7) is 6.26. The lowest BCUT2D eigenvalue weighted by Crippen LogP contribution is -2.16. The van der Waals surface area contributed by atoms with Crippen LogP contribution in [0.2, 0.25) is 0 Å². The fourth-order valence-corrected chi connectivity index (χ4v) is 3.27. The molecule has 134 valence electrons. The van der Waals surface area contributed by atoms with E-state index in [9.17, 15) is 4.79 Å². The average Bonchev–Trinajstić information content (AvgIpc) is 3.11. The molecule has 1 N–H and O–H groups in total. The van der Waals surface area contributed by atoms with Gasteiger partial charge < -0.3 is 5.32 Å². The van der Waals surface area contributed by atoms with E-state index in [1.807, 2.05) is 49.4 Å². The third-order valence-electron chi connectivity index (χ3n) is 4.02. The summed E-state index contributed by atoms with van der Waals surface area (Å²) in [5, 5.41) is 8.04.